The fourth-order valence-electron chi connectivity index (χ4n) is 2.41. The maximum absolute atomic E-state index is 12.5. The minimum atomic E-state index is -0.995. The predicted octanol–water partition coefficient (Wildman–Crippen LogP) is 2.73. The zero-order valence-corrected chi connectivity index (χ0v) is 14.3. The van der Waals surface area contributed by atoms with E-state index in [1.807, 2.05) is 32.9 Å². The van der Waals surface area contributed by atoms with Crippen LogP contribution in [-0.2, 0) is 21.3 Å². The van der Waals surface area contributed by atoms with Crippen LogP contribution in [0.5, 0.6) is 0 Å². The van der Waals surface area contributed by atoms with Crippen molar-refractivity contribution in [1.29, 1.82) is 0 Å². The van der Waals surface area contributed by atoms with E-state index >= 15 is 0 Å². The summed E-state index contributed by atoms with van der Waals surface area (Å²) in [6.45, 7) is 6.75. The Morgan fingerprint density at radius 3 is 2.73 bits per heavy atom. The van der Waals surface area contributed by atoms with Gasteiger partial charge in [-0.05, 0) is 51.3 Å². The van der Waals surface area contributed by atoms with Gasteiger partial charge in [0.1, 0.15) is 5.60 Å². The van der Waals surface area contributed by atoms with E-state index in [1.54, 1.807) is 17.3 Å². The summed E-state index contributed by atoms with van der Waals surface area (Å²) < 4.78 is 17.9. The van der Waals surface area contributed by atoms with Crippen LogP contribution in [-0.4, -0.2) is 44.1 Å². The van der Waals surface area contributed by atoms with Gasteiger partial charge in [-0.3, -0.25) is 9.19 Å². The minimum absolute atomic E-state index is 0.00873. The second kappa shape index (κ2) is 7.22. The van der Waals surface area contributed by atoms with Crippen molar-refractivity contribution in [3.05, 3.63) is 30.1 Å². The van der Waals surface area contributed by atoms with Crippen LogP contribution in [0.15, 0.2) is 24.5 Å². The molecule has 0 saturated carbocycles. The predicted molar refractivity (Wildman–Crippen MR) is 86.9 cm³/mol. The number of likely N-dealkylation sites (tertiary alicyclic amines) is 1. The number of ether oxygens (including phenoxy) is 1. The van der Waals surface area contributed by atoms with Crippen LogP contribution in [0.4, 0.5) is 4.79 Å². The molecule has 6 heteroatoms. The summed E-state index contributed by atoms with van der Waals surface area (Å²) >= 11 is 0. The molecule has 0 aromatic carbocycles. The maximum atomic E-state index is 12.5. The number of piperidine rings is 1. The standard InChI is InChI=1S/C16H24N2O3S/c1-16(2,3)21-15(19)18-10-4-5-14(11-18)22(20)12-13-6-8-17-9-7-13/h6-9,14H,4-5,10-12H2,1-3H3/t14-,22-/m1/s1. The Balaban J connectivity index is 1.92. The number of rotatable bonds is 3. The summed E-state index contributed by atoms with van der Waals surface area (Å²) in [6.07, 6.45) is 4.86. The average Bonchev–Trinajstić information content (AvgIpc) is 2.46. The molecule has 122 valence electrons. The molecule has 0 spiro atoms. The van der Waals surface area contributed by atoms with E-state index in [2.05, 4.69) is 4.98 Å². The van der Waals surface area contributed by atoms with Crippen molar-refractivity contribution in [3.63, 3.8) is 0 Å². The summed E-state index contributed by atoms with van der Waals surface area (Å²) in [6, 6.07) is 3.76. The van der Waals surface area contributed by atoms with Gasteiger partial charge in [0, 0.05) is 42.0 Å². The number of hydrogen-bond acceptors (Lipinski definition) is 4. The molecule has 2 atom stereocenters. The number of carbonyl (C=O) groups excluding carboxylic acids is 1. The third kappa shape index (κ3) is 5.09. The van der Waals surface area contributed by atoms with Crippen molar-refractivity contribution >= 4 is 16.9 Å². The van der Waals surface area contributed by atoms with Gasteiger partial charge in [0.2, 0.25) is 0 Å². The van der Waals surface area contributed by atoms with Crippen LogP contribution in [0.3, 0.4) is 0 Å². The van der Waals surface area contributed by atoms with E-state index in [9.17, 15) is 9.00 Å². The Bertz CT molecular complexity index is 528. The van der Waals surface area contributed by atoms with Gasteiger partial charge in [0.05, 0.1) is 5.25 Å². The molecule has 1 saturated heterocycles. The first-order chi connectivity index (χ1) is 10.3. The smallest absolute Gasteiger partial charge is 0.410 e. The largest absolute Gasteiger partial charge is 0.444 e. The first-order valence-corrected chi connectivity index (χ1v) is 8.97. The molecular formula is C16H24N2O3S. The summed E-state index contributed by atoms with van der Waals surface area (Å²) in [7, 11) is -0.995. The van der Waals surface area contributed by atoms with Crippen LogP contribution >= 0.6 is 0 Å². The molecule has 5 nitrogen and oxygen atoms in total. The Kier molecular flexibility index (Phi) is 5.56. The molecule has 2 heterocycles. The molecule has 0 bridgehead atoms. The monoisotopic (exact) mass is 324 g/mol. The van der Waals surface area contributed by atoms with Gasteiger partial charge >= 0.3 is 6.09 Å². The van der Waals surface area contributed by atoms with Gasteiger partial charge in [-0.15, -0.1) is 0 Å². The van der Waals surface area contributed by atoms with E-state index in [0.717, 1.165) is 18.4 Å². The summed E-state index contributed by atoms with van der Waals surface area (Å²) in [5.74, 6) is 0.509. The number of aromatic nitrogens is 1. The van der Waals surface area contributed by atoms with Crippen LogP contribution in [0.2, 0.25) is 0 Å². The van der Waals surface area contributed by atoms with E-state index in [0.29, 0.717) is 18.8 Å². The third-order valence-electron chi connectivity index (χ3n) is 3.46. The molecule has 1 aliphatic heterocycles. The van der Waals surface area contributed by atoms with Crippen LogP contribution < -0.4 is 0 Å². The van der Waals surface area contributed by atoms with E-state index in [-0.39, 0.29) is 11.3 Å². The van der Waals surface area contributed by atoms with Crippen molar-refractivity contribution in [2.75, 3.05) is 13.1 Å². The van der Waals surface area contributed by atoms with Crippen molar-refractivity contribution < 1.29 is 13.7 Å². The van der Waals surface area contributed by atoms with Crippen molar-refractivity contribution in [2.24, 2.45) is 0 Å². The average molecular weight is 324 g/mol. The quantitative estimate of drug-likeness (QED) is 0.858. The highest BCUT2D eigenvalue weighted by Crippen LogP contribution is 2.20. The minimum Gasteiger partial charge on any atom is -0.444 e. The second-order valence-corrected chi connectivity index (χ2v) is 8.29. The zero-order chi connectivity index (χ0) is 16.2. The van der Waals surface area contributed by atoms with Gasteiger partial charge in [-0.25, -0.2) is 4.79 Å². The van der Waals surface area contributed by atoms with E-state index in [4.69, 9.17) is 4.74 Å². The summed E-state index contributed by atoms with van der Waals surface area (Å²) in [5.41, 5.74) is 0.517. The molecule has 22 heavy (non-hydrogen) atoms. The second-order valence-electron chi connectivity index (χ2n) is 6.57. The molecule has 0 aliphatic carbocycles. The molecule has 1 amide bonds. The van der Waals surface area contributed by atoms with Gasteiger partial charge < -0.3 is 9.64 Å². The number of pyridine rings is 1. The first-order valence-electron chi connectivity index (χ1n) is 7.59. The maximum Gasteiger partial charge on any atom is 0.410 e. The Morgan fingerprint density at radius 1 is 1.41 bits per heavy atom. The lowest BCUT2D eigenvalue weighted by Crippen LogP contribution is -2.46. The van der Waals surface area contributed by atoms with Crippen LogP contribution in [0, 0.1) is 0 Å². The first kappa shape index (κ1) is 16.9. The number of nitrogens with zero attached hydrogens (tertiary/aromatic N) is 2. The van der Waals surface area contributed by atoms with Crippen LogP contribution in [0.1, 0.15) is 39.2 Å². The molecule has 1 fully saturated rings. The third-order valence-corrected chi connectivity index (χ3v) is 5.21. The SMILES string of the molecule is CC(C)(C)OC(=O)N1CCC[C@@H]([S@](=O)Cc2ccncc2)C1. The van der Waals surface area contributed by atoms with Crippen molar-refractivity contribution in [1.82, 2.24) is 9.88 Å². The molecule has 2 rings (SSSR count). The molecular weight excluding hydrogens is 300 g/mol. The van der Waals surface area contributed by atoms with Gasteiger partial charge in [0.15, 0.2) is 0 Å². The van der Waals surface area contributed by atoms with Gasteiger partial charge in [0.25, 0.3) is 0 Å². The molecule has 0 N–H and O–H groups in total. The van der Waals surface area contributed by atoms with Crippen molar-refractivity contribution in [3.8, 4) is 0 Å². The topological polar surface area (TPSA) is 59.5 Å². The highest BCUT2D eigenvalue weighted by Gasteiger charge is 2.30. The fraction of sp³-hybridized carbons (Fsp3) is 0.625. The van der Waals surface area contributed by atoms with Crippen LogP contribution in [0.25, 0.3) is 0 Å². The van der Waals surface area contributed by atoms with Crippen molar-refractivity contribution in [2.45, 2.75) is 50.2 Å². The Hall–Kier alpha value is -1.43. The lowest BCUT2D eigenvalue weighted by Gasteiger charge is -2.33. The Labute approximate surface area is 134 Å². The zero-order valence-electron chi connectivity index (χ0n) is 13.4. The Morgan fingerprint density at radius 2 is 2.09 bits per heavy atom. The lowest BCUT2D eigenvalue weighted by molar-refractivity contribution is 0.0219. The van der Waals surface area contributed by atoms with Gasteiger partial charge in [-0.2, -0.15) is 0 Å². The van der Waals surface area contributed by atoms with E-state index in [1.165, 1.54) is 0 Å². The molecule has 0 radical (unpaired) electrons. The molecule has 1 aromatic rings. The van der Waals surface area contributed by atoms with Gasteiger partial charge in [-0.1, -0.05) is 0 Å². The summed E-state index contributed by atoms with van der Waals surface area (Å²) in [4.78, 5) is 17.8. The number of carbonyl (C=O) groups is 1. The van der Waals surface area contributed by atoms with E-state index < -0.39 is 16.4 Å². The molecule has 0 unspecified atom stereocenters. The summed E-state index contributed by atoms with van der Waals surface area (Å²) in [5, 5.41) is 0.00873. The highest BCUT2D eigenvalue weighted by atomic mass is 32.2. The molecule has 1 aliphatic rings. The fourth-order valence-corrected chi connectivity index (χ4v) is 3.94. The lowest BCUT2D eigenvalue weighted by atomic mass is 10.1. The number of amides is 1. The number of hydrogen-bond donors (Lipinski definition) is 0. The highest BCUT2D eigenvalue weighted by molar-refractivity contribution is 7.84. The molecule has 1 aromatic heterocycles. The normalized spacial score (nSPS) is 20.5.